The molecular weight excluding hydrogens is 291 g/mol. The van der Waals surface area contributed by atoms with Crippen LogP contribution in [0.1, 0.15) is 43.5 Å². The minimum Gasteiger partial charge on any atom is -0.390 e. The van der Waals surface area contributed by atoms with E-state index >= 15 is 0 Å². The van der Waals surface area contributed by atoms with Crippen molar-refractivity contribution < 1.29 is 9.50 Å². The van der Waals surface area contributed by atoms with Crippen molar-refractivity contribution in [1.82, 2.24) is 9.88 Å². The van der Waals surface area contributed by atoms with Gasteiger partial charge in [0.1, 0.15) is 5.82 Å². The molecular formula is C19H23FN2O. The van der Waals surface area contributed by atoms with Crippen LogP contribution in [0, 0.1) is 5.82 Å². The van der Waals surface area contributed by atoms with Crippen molar-refractivity contribution in [2.75, 3.05) is 13.1 Å². The summed E-state index contributed by atoms with van der Waals surface area (Å²) in [6, 6.07) is 10.1. The van der Waals surface area contributed by atoms with Gasteiger partial charge in [0.25, 0.3) is 0 Å². The molecule has 1 aromatic heterocycles. The van der Waals surface area contributed by atoms with E-state index < -0.39 is 0 Å². The van der Waals surface area contributed by atoms with E-state index in [2.05, 4.69) is 28.9 Å². The smallest absolute Gasteiger partial charge is 0.149 e. The van der Waals surface area contributed by atoms with Crippen LogP contribution in [0.5, 0.6) is 0 Å². The number of piperidine rings is 1. The van der Waals surface area contributed by atoms with Crippen LogP contribution in [0.2, 0.25) is 0 Å². The molecule has 1 fully saturated rings. The van der Waals surface area contributed by atoms with Crippen molar-refractivity contribution in [2.45, 2.75) is 38.8 Å². The zero-order chi connectivity index (χ0) is 16.2. The number of rotatable bonds is 4. The monoisotopic (exact) mass is 314 g/mol. The van der Waals surface area contributed by atoms with E-state index in [-0.39, 0.29) is 12.4 Å². The van der Waals surface area contributed by atoms with Gasteiger partial charge in [-0.25, -0.2) is 4.39 Å². The highest BCUT2D eigenvalue weighted by atomic mass is 19.1. The molecule has 1 aromatic carbocycles. The highest BCUT2D eigenvalue weighted by Crippen LogP contribution is 2.28. The van der Waals surface area contributed by atoms with Gasteiger partial charge in [-0.05, 0) is 50.0 Å². The quantitative estimate of drug-likeness (QED) is 0.929. The second-order valence-electron chi connectivity index (χ2n) is 6.21. The van der Waals surface area contributed by atoms with E-state index in [0.29, 0.717) is 17.3 Å². The molecule has 122 valence electrons. The highest BCUT2D eigenvalue weighted by molar-refractivity contribution is 5.64. The lowest BCUT2D eigenvalue weighted by Gasteiger charge is -2.32. The molecule has 0 radical (unpaired) electrons. The first-order chi connectivity index (χ1) is 11.2. The zero-order valence-electron chi connectivity index (χ0n) is 13.5. The average Bonchev–Trinajstić information content (AvgIpc) is 2.62. The number of nitrogens with zero attached hydrogens (tertiary/aromatic N) is 2. The van der Waals surface area contributed by atoms with E-state index in [1.165, 1.54) is 31.0 Å². The minimum absolute atomic E-state index is 0.183. The SMILES string of the molecule is C[C@H](c1ccc(-c2cc(CO)ncc2F)cc1)N1CCCCC1. The number of aliphatic hydroxyl groups excluding tert-OH is 1. The average molecular weight is 314 g/mol. The van der Waals surface area contributed by atoms with Gasteiger partial charge in [-0.1, -0.05) is 30.7 Å². The molecule has 0 saturated carbocycles. The van der Waals surface area contributed by atoms with Gasteiger partial charge in [-0.2, -0.15) is 0 Å². The van der Waals surface area contributed by atoms with Crippen LogP contribution >= 0.6 is 0 Å². The van der Waals surface area contributed by atoms with Crippen LogP contribution in [-0.2, 0) is 6.61 Å². The third kappa shape index (κ3) is 3.59. The molecule has 1 N–H and O–H groups in total. The molecule has 2 aromatic rings. The van der Waals surface area contributed by atoms with Gasteiger partial charge in [0.2, 0.25) is 0 Å². The van der Waals surface area contributed by atoms with E-state index in [0.717, 1.165) is 18.7 Å². The van der Waals surface area contributed by atoms with Crippen LogP contribution in [0.25, 0.3) is 11.1 Å². The Kier molecular flexibility index (Phi) is 5.03. The van der Waals surface area contributed by atoms with Crippen LogP contribution in [0.3, 0.4) is 0 Å². The number of pyridine rings is 1. The second kappa shape index (κ2) is 7.20. The molecule has 1 atom stereocenters. The Morgan fingerprint density at radius 3 is 2.52 bits per heavy atom. The Bertz CT molecular complexity index is 651. The molecule has 0 amide bonds. The second-order valence-corrected chi connectivity index (χ2v) is 6.21. The standard InChI is InChI=1S/C19H23FN2O/c1-14(22-9-3-2-4-10-22)15-5-7-16(8-6-15)18-11-17(13-23)21-12-19(18)20/h5-8,11-12,14,23H,2-4,9-10,13H2,1H3/t14-/m1/s1. The van der Waals surface area contributed by atoms with Crippen molar-refractivity contribution in [3.63, 3.8) is 0 Å². The van der Waals surface area contributed by atoms with Crippen LogP contribution < -0.4 is 0 Å². The third-order valence-corrected chi connectivity index (χ3v) is 4.72. The van der Waals surface area contributed by atoms with Crippen molar-refractivity contribution >= 4 is 0 Å². The molecule has 0 unspecified atom stereocenters. The summed E-state index contributed by atoms with van der Waals surface area (Å²) in [5, 5.41) is 9.17. The Hall–Kier alpha value is -1.78. The van der Waals surface area contributed by atoms with Crippen LogP contribution in [-0.4, -0.2) is 28.1 Å². The lowest BCUT2D eigenvalue weighted by Crippen LogP contribution is -2.32. The summed E-state index contributed by atoms with van der Waals surface area (Å²) >= 11 is 0. The summed E-state index contributed by atoms with van der Waals surface area (Å²) in [5.41, 5.74) is 3.04. The van der Waals surface area contributed by atoms with Gasteiger partial charge in [-0.3, -0.25) is 9.88 Å². The number of hydrogen-bond acceptors (Lipinski definition) is 3. The maximum absolute atomic E-state index is 14.0. The minimum atomic E-state index is -0.362. The fourth-order valence-corrected chi connectivity index (χ4v) is 3.25. The lowest BCUT2D eigenvalue weighted by molar-refractivity contribution is 0.175. The Labute approximate surface area is 136 Å². The summed E-state index contributed by atoms with van der Waals surface area (Å²) < 4.78 is 14.0. The molecule has 3 rings (SSSR count). The van der Waals surface area contributed by atoms with E-state index in [4.69, 9.17) is 0 Å². The topological polar surface area (TPSA) is 36.4 Å². The molecule has 23 heavy (non-hydrogen) atoms. The molecule has 2 heterocycles. The molecule has 0 aliphatic carbocycles. The molecule has 1 aliphatic rings. The van der Waals surface area contributed by atoms with Crippen molar-refractivity contribution in [1.29, 1.82) is 0 Å². The maximum atomic E-state index is 14.0. The van der Waals surface area contributed by atoms with Crippen molar-refractivity contribution in [3.05, 3.63) is 53.6 Å². The fourth-order valence-electron chi connectivity index (χ4n) is 3.25. The predicted molar refractivity (Wildman–Crippen MR) is 89.4 cm³/mol. The maximum Gasteiger partial charge on any atom is 0.149 e. The van der Waals surface area contributed by atoms with Crippen molar-refractivity contribution in [2.24, 2.45) is 0 Å². The highest BCUT2D eigenvalue weighted by Gasteiger charge is 2.18. The zero-order valence-corrected chi connectivity index (χ0v) is 13.5. The molecule has 1 saturated heterocycles. The van der Waals surface area contributed by atoms with E-state index in [1.807, 2.05) is 12.1 Å². The summed E-state index contributed by atoms with van der Waals surface area (Å²) in [5.74, 6) is -0.362. The summed E-state index contributed by atoms with van der Waals surface area (Å²) in [4.78, 5) is 6.37. The summed E-state index contributed by atoms with van der Waals surface area (Å²) in [6.45, 7) is 4.36. The van der Waals surface area contributed by atoms with Crippen LogP contribution in [0.4, 0.5) is 4.39 Å². The first kappa shape index (κ1) is 16.1. The van der Waals surface area contributed by atoms with Crippen LogP contribution in [0.15, 0.2) is 36.5 Å². The Morgan fingerprint density at radius 1 is 1.17 bits per heavy atom. The fraction of sp³-hybridized carbons (Fsp3) is 0.421. The van der Waals surface area contributed by atoms with Gasteiger partial charge in [-0.15, -0.1) is 0 Å². The van der Waals surface area contributed by atoms with Gasteiger partial charge >= 0.3 is 0 Å². The van der Waals surface area contributed by atoms with Gasteiger partial charge in [0.05, 0.1) is 18.5 Å². The van der Waals surface area contributed by atoms with Gasteiger partial charge in [0, 0.05) is 11.6 Å². The Balaban J connectivity index is 1.81. The number of halogens is 1. The number of aliphatic hydroxyl groups is 1. The normalized spacial score (nSPS) is 17.2. The molecule has 1 aliphatic heterocycles. The summed E-state index contributed by atoms with van der Waals surface area (Å²) in [7, 11) is 0. The lowest BCUT2D eigenvalue weighted by atomic mass is 9.99. The largest absolute Gasteiger partial charge is 0.390 e. The number of benzene rings is 1. The predicted octanol–water partition coefficient (Wildman–Crippen LogP) is 3.93. The first-order valence-corrected chi connectivity index (χ1v) is 8.28. The summed E-state index contributed by atoms with van der Waals surface area (Å²) in [6.07, 6.45) is 5.05. The number of hydrogen-bond donors (Lipinski definition) is 1. The number of likely N-dealkylation sites (tertiary alicyclic amines) is 1. The van der Waals surface area contributed by atoms with Gasteiger partial charge < -0.3 is 5.11 Å². The van der Waals surface area contributed by atoms with Crippen molar-refractivity contribution in [3.8, 4) is 11.1 Å². The molecule has 3 nitrogen and oxygen atoms in total. The molecule has 4 heteroatoms. The Morgan fingerprint density at radius 2 is 1.87 bits per heavy atom. The van der Waals surface area contributed by atoms with Gasteiger partial charge in [0.15, 0.2) is 0 Å². The molecule has 0 bridgehead atoms. The third-order valence-electron chi connectivity index (χ3n) is 4.72. The molecule has 0 spiro atoms. The first-order valence-electron chi connectivity index (χ1n) is 8.28. The number of aromatic nitrogens is 1. The van der Waals surface area contributed by atoms with E-state index in [1.54, 1.807) is 6.07 Å². The van der Waals surface area contributed by atoms with E-state index in [9.17, 15) is 9.50 Å².